The molecule has 1 aliphatic heterocycles. The van der Waals surface area contributed by atoms with E-state index >= 15 is 0 Å². The van der Waals surface area contributed by atoms with Gasteiger partial charge in [0.25, 0.3) is 5.91 Å². The molecule has 7 nitrogen and oxygen atoms in total. The monoisotopic (exact) mass is 607 g/mol. The lowest BCUT2D eigenvalue weighted by atomic mass is 10.2. The van der Waals surface area contributed by atoms with E-state index in [1.54, 1.807) is 23.1 Å². The van der Waals surface area contributed by atoms with Crippen LogP contribution in [0.1, 0.15) is 10.4 Å². The van der Waals surface area contributed by atoms with Crippen LogP contribution in [0, 0.1) is 3.57 Å². The van der Waals surface area contributed by atoms with Gasteiger partial charge in [-0.05, 0) is 46.9 Å². The molecule has 1 fully saturated rings. The van der Waals surface area contributed by atoms with Crippen molar-refractivity contribution in [2.75, 3.05) is 50.5 Å². The molecule has 4 rings (SSSR count). The first-order valence-corrected chi connectivity index (χ1v) is 13.6. The Hall–Kier alpha value is -1.31. The Balaban J connectivity index is 0.00000289. The average molecular weight is 608 g/mol. The number of aromatic nitrogens is 1. The molecule has 0 unspecified atom stereocenters. The number of anilines is 1. The van der Waals surface area contributed by atoms with E-state index < -0.39 is 9.84 Å². The fourth-order valence-corrected chi connectivity index (χ4v) is 5.99. The van der Waals surface area contributed by atoms with Gasteiger partial charge < -0.3 is 4.74 Å². The summed E-state index contributed by atoms with van der Waals surface area (Å²) in [6, 6.07) is 12.5. The summed E-state index contributed by atoms with van der Waals surface area (Å²) in [6.07, 6.45) is 1.18. The van der Waals surface area contributed by atoms with Crippen LogP contribution in [0.3, 0.4) is 0 Å². The van der Waals surface area contributed by atoms with E-state index in [0.29, 0.717) is 42.5 Å². The minimum atomic E-state index is -3.43. The summed E-state index contributed by atoms with van der Waals surface area (Å²) in [5.41, 5.74) is 1.02. The topological polar surface area (TPSA) is 79.8 Å². The fraction of sp³-hybridized carbons (Fsp3) is 0.333. The highest BCUT2D eigenvalue weighted by atomic mass is 127. The van der Waals surface area contributed by atoms with Gasteiger partial charge in [-0.25, -0.2) is 13.4 Å². The van der Waals surface area contributed by atoms with Gasteiger partial charge in [0.2, 0.25) is 0 Å². The smallest absolute Gasteiger partial charge is 0.261 e. The Bertz CT molecular complexity index is 1210. The summed E-state index contributed by atoms with van der Waals surface area (Å²) in [4.78, 5) is 22.3. The number of hydrogen-bond acceptors (Lipinski definition) is 7. The second-order valence-electron chi connectivity index (χ2n) is 7.26. The molecule has 172 valence electrons. The number of benzene rings is 2. The van der Waals surface area contributed by atoms with Crippen LogP contribution in [-0.4, -0.2) is 69.9 Å². The number of nitrogens with zero attached hydrogens (tertiary/aromatic N) is 3. The highest BCUT2D eigenvalue weighted by Gasteiger charge is 2.25. The molecule has 1 aliphatic rings. The van der Waals surface area contributed by atoms with Crippen molar-refractivity contribution in [3.63, 3.8) is 0 Å². The lowest BCUT2D eigenvalue weighted by Gasteiger charge is -2.29. The molecule has 1 aromatic heterocycles. The van der Waals surface area contributed by atoms with Crippen LogP contribution in [-0.2, 0) is 14.6 Å². The predicted octanol–water partition coefficient (Wildman–Crippen LogP) is 3.71. The number of rotatable bonds is 6. The van der Waals surface area contributed by atoms with Gasteiger partial charge in [0, 0.05) is 36.0 Å². The number of morpholine rings is 1. The number of ether oxygens (including phenoxy) is 1. The Kier molecular flexibility index (Phi) is 8.50. The van der Waals surface area contributed by atoms with Crippen LogP contribution in [0.2, 0.25) is 0 Å². The Labute approximate surface area is 211 Å². The average Bonchev–Trinajstić information content (AvgIpc) is 3.18. The molecule has 1 saturated heterocycles. The first-order valence-electron chi connectivity index (χ1n) is 9.81. The quantitative estimate of drug-likeness (QED) is 0.398. The van der Waals surface area contributed by atoms with Gasteiger partial charge in [0.1, 0.15) is 5.52 Å². The van der Waals surface area contributed by atoms with E-state index in [1.807, 2.05) is 24.3 Å². The summed E-state index contributed by atoms with van der Waals surface area (Å²) >= 11 is 3.49. The molecular formula is C21H23ClIN3O4S2. The summed E-state index contributed by atoms with van der Waals surface area (Å²) in [7, 11) is -3.43. The second-order valence-corrected chi connectivity index (χ2v) is 11.4. The molecule has 0 aliphatic carbocycles. The van der Waals surface area contributed by atoms with Crippen LogP contribution in [0.5, 0.6) is 0 Å². The molecule has 2 aromatic carbocycles. The number of sulfone groups is 1. The van der Waals surface area contributed by atoms with E-state index in [2.05, 4.69) is 32.5 Å². The number of para-hydroxylation sites is 1. The number of halogens is 2. The van der Waals surface area contributed by atoms with E-state index in [-0.39, 0.29) is 23.2 Å². The normalized spacial score (nSPS) is 14.8. The van der Waals surface area contributed by atoms with E-state index in [4.69, 9.17) is 4.74 Å². The maximum Gasteiger partial charge on any atom is 0.261 e. The van der Waals surface area contributed by atoms with Gasteiger partial charge in [-0.2, -0.15) is 0 Å². The molecule has 0 saturated carbocycles. The zero-order valence-corrected chi connectivity index (χ0v) is 22.0. The van der Waals surface area contributed by atoms with Crippen molar-refractivity contribution in [1.29, 1.82) is 0 Å². The van der Waals surface area contributed by atoms with Gasteiger partial charge in [-0.3, -0.25) is 14.6 Å². The summed E-state index contributed by atoms with van der Waals surface area (Å²) in [5.74, 6) is -0.141. The third kappa shape index (κ3) is 5.60. The number of thiazole rings is 1. The number of carbonyl (C=O) groups excluding carboxylic acids is 1. The van der Waals surface area contributed by atoms with Crippen molar-refractivity contribution < 1.29 is 17.9 Å². The number of carbonyl (C=O) groups is 1. The van der Waals surface area contributed by atoms with Crippen LogP contribution in [0.25, 0.3) is 10.2 Å². The van der Waals surface area contributed by atoms with Gasteiger partial charge in [0.05, 0.1) is 28.4 Å². The summed E-state index contributed by atoms with van der Waals surface area (Å²) in [5, 5.41) is 0.504. The minimum absolute atomic E-state index is 0. The zero-order chi connectivity index (χ0) is 22.0. The van der Waals surface area contributed by atoms with Crippen molar-refractivity contribution in [3.8, 4) is 0 Å². The van der Waals surface area contributed by atoms with Gasteiger partial charge in [-0.1, -0.05) is 29.5 Å². The van der Waals surface area contributed by atoms with Crippen LogP contribution >= 0.6 is 46.3 Å². The SMILES string of the molecule is CS(=O)(=O)c1cccc2sc(N(CCN3CCOCC3)C(=O)c3ccccc3I)nc12.Cl. The lowest BCUT2D eigenvalue weighted by molar-refractivity contribution is 0.0391. The first-order chi connectivity index (χ1) is 14.8. The maximum atomic E-state index is 13.5. The Morgan fingerprint density at radius 3 is 2.59 bits per heavy atom. The van der Waals surface area contributed by atoms with Crippen LogP contribution < -0.4 is 4.90 Å². The van der Waals surface area contributed by atoms with Crippen molar-refractivity contribution in [2.24, 2.45) is 0 Å². The Morgan fingerprint density at radius 2 is 1.91 bits per heavy atom. The Morgan fingerprint density at radius 1 is 1.19 bits per heavy atom. The van der Waals surface area contributed by atoms with Gasteiger partial charge in [0.15, 0.2) is 15.0 Å². The van der Waals surface area contributed by atoms with E-state index in [9.17, 15) is 13.2 Å². The molecule has 3 aromatic rings. The first kappa shape index (κ1) is 25.3. The third-order valence-electron chi connectivity index (χ3n) is 5.09. The van der Waals surface area contributed by atoms with E-state index in [1.165, 1.54) is 17.6 Å². The van der Waals surface area contributed by atoms with Crippen molar-refractivity contribution in [3.05, 3.63) is 51.6 Å². The van der Waals surface area contributed by atoms with Gasteiger partial charge in [-0.15, -0.1) is 12.4 Å². The molecule has 2 heterocycles. The van der Waals surface area contributed by atoms with E-state index in [0.717, 1.165) is 21.4 Å². The molecule has 0 atom stereocenters. The number of hydrogen-bond donors (Lipinski definition) is 0. The summed E-state index contributed by atoms with van der Waals surface area (Å²) < 4.78 is 31.5. The third-order valence-corrected chi connectivity index (χ3v) is 8.21. The molecule has 0 radical (unpaired) electrons. The van der Waals surface area contributed by atoms with Crippen LogP contribution in [0.4, 0.5) is 5.13 Å². The van der Waals surface area contributed by atoms with Crippen molar-refractivity contribution in [1.82, 2.24) is 9.88 Å². The van der Waals surface area contributed by atoms with Crippen molar-refractivity contribution >= 4 is 77.4 Å². The zero-order valence-electron chi connectivity index (χ0n) is 17.4. The number of amides is 1. The molecular weight excluding hydrogens is 585 g/mol. The fourth-order valence-electron chi connectivity index (χ4n) is 3.46. The standard InChI is InChI=1S/C21H22IN3O4S2.ClH/c1-31(27,28)18-8-4-7-17-19(18)23-21(30-17)25(10-9-24-11-13-29-14-12-24)20(26)15-5-2-3-6-16(15)22;/h2-8H,9-14H2,1H3;1H. The lowest BCUT2D eigenvalue weighted by Crippen LogP contribution is -2.43. The second kappa shape index (κ2) is 10.7. The summed E-state index contributed by atoms with van der Waals surface area (Å²) in [6.45, 7) is 4.16. The molecule has 11 heteroatoms. The van der Waals surface area contributed by atoms with Crippen molar-refractivity contribution in [2.45, 2.75) is 4.90 Å². The molecule has 0 N–H and O–H groups in total. The van der Waals surface area contributed by atoms with Crippen LogP contribution in [0.15, 0.2) is 47.4 Å². The van der Waals surface area contributed by atoms with Gasteiger partial charge >= 0.3 is 0 Å². The number of fused-ring (bicyclic) bond motifs is 1. The molecule has 0 spiro atoms. The maximum absolute atomic E-state index is 13.5. The largest absolute Gasteiger partial charge is 0.379 e. The molecule has 0 bridgehead atoms. The highest BCUT2D eigenvalue weighted by Crippen LogP contribution is 2.33. The molecule has 1 amide bonds. The minimum Gasteiger partial charge on any atom is -0.379 e. The molecule has 32 heavy (non-hydrogen) atoms. The highest BCUT2D eigenvalue weighted by molar-refractivity contribution is 14.1. The predicted molar refractivity (Wildman–Crippen MR) is 138 cm³/mol.